The van der Waals surface area contributed by atoms with Crippen LogP contribution in [0.3, 0.4) is 0 Å². The average molecular weight is 285 g/mol. The van der Waals surface area contributed by atoms with Crippen molar-refractivity contribution >= 4 is 0 Å². The fourth-order valence-corrected chi connectivity index (χ4v) is 2.52. The predicted octanol–water partition coefficient (Wildman–Crippen LogP) is 2.94. The Morgan fingerprint density at radius 3 is 3.00 bits per heavy atom. The number of rotatable bonds is 7. The van der Waals surface area contributed by atoms with Crippen LogP contribution in [-0.2, 0) is 11.2 Å². The highest BCUT2D eigenvalue weighted by atomic mass is 19.3. The first-order valence-electron chi connectivity index (χ1n) is 7.00. The van der Waals surface area contributed by atoms with E-state index in [1.807, 2.05) is 19.2 Å². The number of benzene rings is 1. The maximum Gasteiger partial charge on any atom is 0.261 e. The molecule has 1 unspecified atom stereocenters. The topological polar surface area (TPSA) is 30.5 Å². The smallest absolute Gasteiger partial charge is 0.261 e. The third kappa shape index (κ3) is 3.90. The molecule has 2 rings (SSSR count). The van der Waals surface area contributed by atoms with E-state index in [1.54, 1.807) is 0 Å². The second kappa shape index (κ2) is 7.55. The molecule has 0 fully saturated rings. The molecule has 0 amide bonds. The second-order valence-corrected chi connectivity index (χ2v) is 4.88. The molecule has 3 nitrogen and oxygen atoms in total. The van der Waals surface area contributed by atoms with Gasteiger partial charge < -0.3 is 14.8 Å². The van der Waals surface area contributed by atoms with Crippen LogP contribution in [0.25, 0.3) is 0 Å². The third-order valence-corrected chi connectivity index (χ3v) is 3.48. The fraction of sp³-hybridized carbons (Fsp3) is 0.600. The zero-order valence-electron chi connectivity index (χ0n) is 11.7. The van der Waals surface area contributed by atoms with Gasteiger partial charge in [-0.3, -0.25) is 0 Å². The molecule has 1 aromatic rings. The largest absolute Gasteiger partial charge is 0.493 e. The molecule has 1 N–H and O–H groups in total. The Balaban J connectivity index is 2.00. The molecule has 0 bridgehead atoms. The monoisotopic (exact) mass is 285 g/mol. The number of halogens is 2. The van der Waals surface area contributed by atoms with Gasteiger partial charge in [0.05, 0.1) is 6.61 Å². The minimum absolute atomic E-state index is 0.0562. The lowest BCUT2D eigenvalue weighted by Crippen LogP contribution is -2.21. The molecule has 1 aliphatic heterocycles. The molecule has 0 saturated heterocycles. The number of nitrogens with one attached hydrogen (secondary N) is 1. The molecular weight excluding hydrogens is 264 g/mol. The van der Waals surface area contributed by atoms with Gasteiger partial charge in [0.15, 0.2) is 0 Å². The number of aryl methyl sites for hydroxylation is 1. The third-order valence-electron chi connectivity index (χ3n) is 3.48. The summed E-state index contributed by atoms with van der Waals surface area (Å²) in [7, 11) is 1.86. The first-order chi connectivity index (χ1) is 9.72. The molecular formula is C15H21F2NO2. The van der Waals surface area contributed by atoms with Crippen molar-refractivity contribution in [2.45, 2.75) is 31.7 Å². The van der Waals surface area contributed by atoms with Crippen LogP contribution in [0, 0.1) is 0 Å². The van der Waals surface area contributed by atoms with Gasteiger partial charge in [-0.1, -0.05) is 18.2 Å². The maximum atomic E-state index is 12.0. The standard InChI is InChI=1S/C15H21F2NO2/c1-18-13(7-9-19-10-14(16)17)12-6-2-4-11-5-3-8-20-15(11)12/h2,4,6,13-14,18H,3,5,7-10H2,1H3. The van der Waals surface area contributed by atoms with E-state index in [1.165, 1.54) is 5.56 Å². The Bertz CT molecular complexity index is 426. The Morgan fingerprint density at radius 1 is 1.40 bits per heavy atom. The summed E-state index contributed by atoms with van der Waals surface area (Å²) in [6.45, 7) is 0.543. The van der Waals surface area contributed by atoms with Crippen LogP contribution in [0.5, 0.6) is 5.75 Å². The summed E-state index contributed by atoms with van der Waals surface area (Å²) in [5, 5.41) is 3.21. The van der Waals surface area contributed by atoms with Gasteiger partial charge in [-0.2, -0.15) is 0 Å². The SMILES string of the molecule is CNC(CCOCC(F)F)c1cccc2c1OCCC2. The van der Waals surface area contributed by atoms with E-state index >= 15 is 0 Å². The molecule has 112 valence electrons. The highest BCUT2D eigenvalue weighted by molar-refractivity contribution is 5.44. The van der Waals surface area contributed by atoms with Gasteiger partial charge in [0, 0.05) is 18.2 Å². The van der Waals surface area contributed by atoms with Gasteiger partial charge in [-0.05, 0) is 31.9 Å². The minimum Gasteiger partial charge on any atom is -0.493 e. The lowest BCUT2D eigenvalue weighted by molar-refractivity contribution is 0.0144. The predicted molar refractivity (Wildman–Crippen MR) is 73.5 cm³/mol. The van der Waals surface area contributed by atoms with E-state index < -0.39 is 13.0 Å². The number of alkyl halides is 2. The molecule has 20 heavy (non-hydrogen) atoms. The summed E-state index contributed by atoms with van der Waals surface area (Å²) in [5.41, 5.74) is 2.31. The number of hydrogen-bond donors (Lipinski definition) is 1. The van der Waals surface area contributed by atoms with Crippen molar-refractivity contribution in [1.82, 2.24) is 5.32 Å². The first-order valence-corrected chi connectivity index (χ1v) is 7.00. The lowest BCUT2D eigenvalue weighted by atomic mass is 9.96. The van der Waals surface area contributed by atoms with Gasteiger partial charge in [0.2, 0.25) is 0 Å². The summed E-state index contributed by atoms with van der Waals surface area (Å²) >= 11 is 0. The zero-order valence-corrected chi connectivity index (χ0v) is 11.7. The summed E-state index contributed by atoms with van der Waals surface area (Å²) in [6.07, 6.45) is 0.304. The molecule has 5 heteroatoms. The van der Waals surface area contributed by atoms with Gasteiger partial charge in [0.1, 0.15) is 12.4 Å². The number of fused-ring (bicyclic) bond motifs is 1. The Hall–Kier alpha value is -1.20. The summed E-state index contributed by atoms with van der Waals surface area (Å²) in [4.78, 5) is 0. The second-order valence-electron chi connectivity index (χ2n) is 4.88. The Morgan fingerprint density at radius 2 is 2.25 bits per heavy atom. The van der Waals surface area contributed by atoms with E-state index in [4.69, 9.17) is 9.47 Å². The quantitative estimate of drug-likeness (QED) is 0.781. The molecule has 0 aromatic heterocycles. The van der Waals surface area contributed by atoms with E-state index in [2.05, 4.69) is 11.4 Å². The lowest BCUT2D eigenvalue weighted by Gasteiger charge is -2.25. The van der Waals surface area contributed by atoms with Crippen molar-refractivity contribution in [3.63, 3.8) is 0 Å². The van der Waals surface area contributed by atoms with E-state index in [9.17, 15) is 8.78 Å². The first kappa shape index (κ1) is 15.2. The minimum atomic E-state index is -2.41. The van der Waals surface area contributed by atoms with Crippen LogP contribution in [0.2, 0.25) is 0 Å². The summed E-state index contributed by atoms with van der Waals surface area (Å²) in [5.74, 6) is 0.951. The van der Waals surface area contributed by atoms with E-state index in [0.717, 1.165) is 30.8 Å². The molecule has 0 aliphatic carbocycles. The maximum absolute atomic E-state index is 12.0. The van der Waals surface area contributed by atoms with Crippen molar-refractivity contribution in [2.75, 3.05) is 26.9 Å². The molecule has 1 aromatic carbocycles. The van der Waals surface area contributed by atoms with Gasteiger partial charge in [0.25, 0.3) is 6.43 Å². The molecule has 0 radical (unpaired) electrons. The van der Waals surface area contributed by atoms with Crippen LogP contribution >= 0.6 is 0 Å². The number of ether oxygens (including phenoxy) is 2. The normalized spacial score (nSPS) is 15.8. The highest BCUT2D eigenvalue weighted by Crippen LogP contribution is 2.33. The van der Waals surface area contributed by atoms with Crippen LogP contribution in [0.4, 0.5) is 8.78 Å². The molecule has 0 saturated carbocycles. The van der Waals surface area contributed by atoms with E-state index in [0.29, 0.717) is 13.0 Å². The summed E-state index contributed by atoms with van der Waals surface area (Å²) < 4.78 is 34.8. The molecule has 0 spiro atoms. The van der Waals surface area contributed by atoms with Crippen LogP contribution in [-0.4, -0.2) is 33.3 Å². The van der Waals surface area contributed by atoms with Crippen molar-refractivity contribution in [3.05, 3.63) is 29.3 Å². The van der Waals surface area contributed by atoms with Crippen molar-refractivity contribution in [3.8, 4) is 5.75 Å². The molecule has 1 aliphatic rings. The van der Waals surface area contributed by atoms with Crippen LogP contribution < -0.4 is 10.1 Å². The van der Waals surface area contributed by atoms with Crippen LogP contribution in [0.1, 0.15) is 30.0 Å². The summed E-state index contributed by atoms with van der Waals surface area (Å²) in [6, 6.07) is 6.18. The Labute approximate surface area is 118 Å². The van der Waals surface area contributed by atoms with Crippen LogP contribution in [0.15, 0.2) is 18.2 Å². The van der Waals surface area contributed by atoms with E-state index in [-0.39, 0.29) is 6.04 Å². The average Bonchev–Trinajstić information content (AvgIpc) is 2.47. The number of hydrogen-bond acceptors (Lipinski definition) is 3. The van der Waals surface area contributed by atoms with Gasteiger partial charge >= 0.3 is 0 Å². The highest BCUT2D eigenvalue weighted by Gasteiger charge is 2.20. The molecule has 1 atom stereocenters. The van der Waals surface area contributed by atoms with Crippen molar-refractivity contribution in [2.24, 2.45) is 0 Å². The van der Waals surface area contributed by atoms with Gasteiger partial charge in [-0.25, -0.2) is 8.78 Å². The van der Waals surface area contributed by atoms with Gasteiger partial charge in [-0.15, -0.1) is 0 Å². The number of para-hydroxylation sites is 1. The molecule has 1 heterocycles. The van der Waals surface area contributed by atoms with Crippen molar-refractivity contribution in [1.29, 1.82) is 0 Å². The zero-order chi connectivity index (χ0) is 14.4. The Kier molecular flexibility index (Phi) is 5.73. The fourth-order valence-electron chi connectivity index (χ4n) is 2.52. The van der Waals surface area contributed by atoms with Crippen molar-refractivity contribution < 1.29 is 18.3 Å².